The maximum absolute atomic E-state index is 5.60. The van der Waals surface area contributed by atoms with Crippen LogP contribution in [-0.4, -0.2) is 14.8 Å². The van der Waals surface area contributed by atoms with Gasteiger partial charge in [-0.3, -0.25) is 9.67 Å². The Balaban J connectivity index is 2.14. The molecule has 0 unspecified atom stereocenters. The number of ether oxygens (including phenoxy) is 1. The second-order valence-electron chi connectivity index (χ2n) is 3.81. The summed E-state index contributed by atoms with van der Waals surface area (Å²) in [6.07, 6.45) is 6.70. The van der Waals surface area contributed by atoms with E-state index < -0.39 is 0 Å². The van der Waals surface area contributed by atoms with Crippen LogP contribution in [-0.2, 0) is 0 Å². The molecule has 0 atom stereocenters. The molecule has 16 heavy (non-hydrogen) atoms. The molecule has 2 aromatic heterocycles. The average Bonchev–Trinajstić information content (AvgIpc) is 2.66. The second kappa shape index (κ2) is 4.22. The highest BCUT2D eigenvalue weighted by atomic mass is 16.5. The summed E-state index contributed by atoms with van der Waals surface area (Å²) in [4.78, 5) is 3.95. The van der Waals surface area contributed by atoms with Gasteiger partial charge < -0.3 is 10.5 Å². The molecule has 2 heterocycles. The molecule has 5 nitrogen and oxygen atoms in total. The van der Waals surface area contributed by atoms with Crippen molar-refractivity contribution < 1.29 is 4.74 Å². The lowest BCUT2D eigenvalue weighted by molar-refractivity contribution is 0.475. The summed E-state index contributed by atoms with van der Waals surface area (Å²) in [5, 5.41) is 4.17. The third kappa shape index (κ3) is 2.31. The van der Waals surface area contributed by atoms with E-state index in [1.807, 2.05) is 10.9 Å². The molecule has 0 spiro atoms. The van der Waals surface area contributed by atoms with Crippen molar-refractivity contribution in [3.8, 4) is 11.5 Å². The molecule has 2 aromatic rings. The first-order chi connectivity index (χ1) is 7.65. The topological polar surface area (TPSA) is 66.0 Å². The fraction of sp³-hybridized carbons (Fsp3) is 0.273. The van der Waals surface area contributed by atoms with Crippen molar-refractivity contribution in [3.05, 3.63) is 30.9 Å². The minimum atomic E-state index is 0.316. The number of pyridine rings is 1. The standard InChI is InChI=1S/C11H14N4O/c1-8(2)15-7-11(6-14-15)16-10-3-9(12)4-13-5-10/h3-8H,12H2,1-2H3. The molecule has 2 N–H and O–H groups in total. The molecule has 0 aliphatic rings. The fourth-order valence-corrected chi connectivity index (χ4v) is 1.28. The predicted octanol–water partition coefficient (Wildman–Crippen LogP) is 2.23. The predicted molar refractivity (Wildman–Crippen MR) is 61.3 cm³/mol. The lowest BCUT2D eigenvalue weighted by atomic mass is 10.4. The number of hydrogen-bond acceptors (Lipinski definition) is 4. The minimum Gasteiger partial charge on any atom is -0.452 e. The number of anilines is 1. The van der Waals surface area contributed by atoms with E-state index >= 15 is 0 Å². The number of nitrogens with zero attached hydrogens (tertiary/aromatic N) is 3. The van der Waals surface area contributed by atoms with E-state index in [2.05, 4.69) is 23.9 Å². The Labute approximate surface area is 93.9 Å². The van der Waals surface area contributed by atoms with E-state index in [1.165, 1.54) is 0 Å². The van der Waals surface area contributed by atoms with Gasteiger partial charge in [-0.15, -0.1) is 0 Å². The number of hydrogen-bond donors (Lipinski definition) is 1. The smallest absolute Gasteiger partial charge is 0.165 e. The molecular weight excluding hydrogens is 204 g/mol. The van der Waals surface area contributed by atoms with Crippen LogP contribution in [0.15, 0.2) is 30.9 Å². The molecule has 0 aromatic carbocycles. The average molecular weight is 218 g/mol. The van der Waals surface area contributed by atoms with Crippen molar-refractivity contribution >= 4 is 5.69 Å². The van der Waals surface area contributed by atoms with Gasteiger partial charge in [0.25, 0.3) is 0 Å². The van der Waals surface area contributed by atoms with Gasteiger partial charge in [0.1, 0.15) is 5.75 Å². The van der Waals surface area contributed by atoms with E-state index in [4.69, 9.17) is 10.5 Å². The summed E-state index contributed by atoms with van der Waals surface area (Å²) in [6.45, 7) is 4.11. The molecule has 5 heteroatoms. The molecule has 0 amide bonds. The Hall–Kier alpha value is -2.04. The number of nitrogens with two attached hydrogens (primary N) is 1. The Morgan fingerprint density at radius 2 is 2.06 bits per heavy atom. The summed E-state index contributed by atoms with van der Waals surface area (Å²) >= 11 is 0. The van der Waals surface area contributed by atoms with Gasteiger partial charge in [-0.05, 0) is 13.8 Å². The molecule has 0 saturated heterocycles. The Kier molecular flexibility index (Phi) is 2.76. The highest BCUT2D eigenvalue weighted by Gasteiger charge is 2.04. The van der Waals surface area contributed by atoms with E-state index in [1.54, 1.807) is 24.7 Å². The number of aromatic nitrogens is 3. The van der Waals surface area contributed by atoms with Gasteiger partial charge in [-0.1, -0.05) is 0 Å². The van der Waals surface area contributed by atoms with Crippen molar-refractivity contribution in [1.82, 2.24) is 14.8 Å². The third-order valence-electron chi connectivity index (χ3n) is 2.08. The van der Waals surface area contributed by atoms with Gasteiger partial charge in [0.05, 0.1) is 30.5 Å². The number of nitrogen functional groups attached to an aromatic ring is 1. The largest absolute Gasteiger partial charge is 0.452 e. The zero-order valence-electron chi connectivity index (χ0n) is 9.29. The van der Waals surface area contributed by atoms with E-state index in [0.717, 1.165) is 0 Å². The summed E-state index contributed by atoms with van der Waals surface area (Å²) in [5.41, 5.74) is 6.18. The zero-order chi connectivity index (χ0) is 11.5. The SMILES string of the molecule is CC(C)n1cc(Oc2cncc(N)c2)cn1. The first kappa shape index (κ1) is 10.5. The third-order valence-corrected chi connectivity index (χ3v) is 2.08. The maximum atomic E-state index is 5.60. The molecule has 2 rings (SSSR count). The van der Waals surface area contributed by atoms with Gasteiger partial charge in [-0.2, -0.15) is 5.10 Å². The summed E-state index contributed by atoms with van der Waals surface area (Å²) in [6, 6.07) is 2.04. The van der Waals surface area contributed by atoms with Crippen molar-refractivity contribution in [1.29, 1.82) is 0 Å². The summed E-state index contributed by atoms with van der Waals surface area (Å²) < 4.78 is 7.39. The van der Waals surface area contributed by atoms with Crippen LogP contribution in [0.2, 0.25) is 0 Å². The molecule has 0 radical (unpaired) electrons. The van der Waals surface area contributed by atoms with Crippen molar-refractivity contribution in [2.45, 2.75) is 19.9 Å². The first-order valence-electron chi connectivity index (χ1n) is 5.07. The van der Waals surface area contributed by atoms with Gasteiger partial charge in [0, 0.05) is 12.1 Å². The maximum Gasteiger partial charge on any atom is 0.165 e. The van der Waals surface area contributed by atoms with Crippen LogP contribution in [0.1, 0.15) is 19.9 Å². The van der Waals surface area contributed by atoms with Gasteiger partial charge >= 0.3 is 0 Å². The lowest BCUT2D eigenvalue weighted by Gasteiger charge is -2.04. The highest BCUT2D eigenvalue weighted by Crippen LogP contribution is 2.22. The van der Waals surface area contributed by atoms with Gasteiger partial charge in [0.2, 0.25) is 0 Å². The molecule has 0 fully saturated rings. The quantitative estimate of drug-likeness (QED) is 0.857. The second-order valence-corrected chi connectivity index (χ2v) is 3.81. The monoisotopic (exact) mass is 218 g/mol. The van der Waals surface area contributed by atoms with Gasteiger partial charge in [0.15, 0.2) is 5.75 Å². The molecule has 84 valence electrons. The molecular formula is C11H14N4O. The molecule has 0 saturated carbocycles. The van der Waals surface area contributed by atoms with Crippen LogP contribution < -0.4 is 10.5 Å². The van der Waals surface area contributed by atoms with Crippen LogP contribution in [0.5, 0.6) is 11.5 Å². The van der Waals surface area contributed by atoms with Crippen LogP contribution in [0.4, 0.5) is 5.69 Å². The number of rotatable bonds is 3. The van der Waals surface area contributed by atoms with E-state index in [9.17, 15) is 0 Å². The lowest BCUT2D eigenvalue weighted by Crippen LogP contribution is -1.99. The molecule has 0 aliphatic heterocycles. The Morgan fingerprint density at radius 3 is 2.69 bits per heavy atom. The fourth-order valence-electron chi connectivity index (χ4n) is 1.28. The van der Waals surface area contributed by atoms with Gasteiger partial charge in [-0.25, -0.2) is 0 Å². The van der Waals surface area contributed by atoms with Crippen LogP contribution in [0.25, 0.3) is 0 Å². The highest BCUT2D eigenvalue weighted by molar-refractivity contribution is 5.41. The first-order valence-corrected chi connectivity index (χ1v) is 5.07. The Bertz CT molecular complexity index is 478. The normalized spacial score (nSPS) is 10.7. The molecule has 0 aliphatic carbocycles. The van der Waals surface area contributed by atoms with E-state index in [0.29, 0.717) is 23.2 Å². The minimum absolute atomic E-state index is 0.316. The van der Waals surface area contributed by atoms with E-state index in [-0.39, 0.29) is 0 Å². The molecule has 0 bridgehead atoms. The van der Waals surface area contributed by atoms with Crippen molar-refractivity contribution in [3.63, 3.8) is 0 Å². The van der Waals surface area contributed by atoms with Crippen LogP contribution in [0.3, 0.4) is 0 Å². The summed E-state index contributed by atoms with van der Waals surface area (Å²) in [7, 11) is 0. The van der Waals surface area contributed by atoms with Crippen LogP contribution in [0, 0.1) is 0 Å². The Morgan fingerprint density at radius 1 is 1.25 bits per heavy atom. The zero-order valence-corrected chi connectivity index (χ0v) is 9.29. The van der Waals surface area contributed by atoms with Crippen molar-refractivity contribution in [2.75, 3.05) is 5.73 Å². The van der Waals surface area contributed by atoms with Crippen molar-refractivity contribution in [2.24, 2.45) is 0 Å². The summed E-state index contributed by atoms with van der Waals surface area (Å²) in [5.74, 6) is 1.30. The van der Waals surface area contributed by atoms with Crippen LogP contribution >= 0.6 is 0 Å².